The quantitative estimate of drug-likeness (QED) is 0.491. The first-order valence-corrected chi connectivity index (χ1v) is 10.5. The number of ether oxygens (including phenoxy) is 1. The molecule has 2 amide bonds. The van der Waals surface area contributed by atoms with Gasteiger partial charge >= 0.3 is 6.18 Å². The van der Waals surface area contributed by atoms with Crippen molar-refractivity contribution in [1.82, 2.24) is 0 Å². The molecular weight excluding hydrogens is 441 g/mol. The van der Waals surface area contributed by atoms with Crippen molar-refractivity contribution in [1.29, 1.82) is 0 Å². The Bertz CT molecular complexity index is 1200. The van der Waals surface area contributed by atoms with E-state index in [2.05, 4.69) is 5.32 Å². The Morgan fingerprint density at radius 1 is 1.00 bits per heavy atom. The van der Waals surface area contributed by atoms with Crippen molar-refractivity contribution in [3.05, 3.63) is 82.2 Å². The zero-order valence-electron chi connectivity index (χ0n) is 16.8. The van der Waals surface area contributed by atoms with E-state index in [4.69, 9.17) is 4.74 Å². The average molecular weight is 458 g/mol. The molecule has 0 saturated heterocycles. The normalized spacial score (nSPS) is 14.3. The monoisotopic (exact) mass is 458 g/mol. The van der Waals surface area contributed by atoms with Gasteiger partial charge in [-0.05, 0) is 48.7 Å². The summed E-state index contributed by atoms with van der Waals surface area (Å²) in [5.74, 6) is -0.859. The number of imide groups is 1. The molecule has 0 fully saturated rings. The predicted molar refractivity (Wildman–Crippen MR) is 116 cm³/mol. The summed E-state index contributed by atoms with van der Waals surface area (Å²) in [7, 11) is 0. The SMILES string of the molecule is CCOc1cccc(NC2=C(c3cccs3)C(=O)N(c3cccc(C(F)(F)F)c3)C2=O)c1. The highest BCUT2D eigenvalue weighted by Gasteiger charge is 2.41. The second kappa shape index (κ2) is 8.51. The lowest BCUT2D eigenvalue weighted by Crippen LogP contribution is -2.32. The van der Waals surface area contributed by atoms with Crippen LogP contribution in [0.3, 0.4) is 0 Å². The summed E-state index contributed by atoms with van der Waals surface area (Å²) in [6.07, 6.45) is -4.60. The molecule has 2 aromatic carbocycles. The molecule has 0 atom stereocenters. The third-order valence-electron chi connectivity index (χ3n) is 4.70. The lowest BCUT2D eigenvalue weighted by molar-refractivity contribution is -0.137. The molecule has 2 heterocycles. The minimum atomic E-state index is -4.60. The molecule has 4 rings (SSSR count). The molecule has 1 aliphatic rings. The molecular formula is C23H17F3N2O3S. The van der Waals surface area contributed by atoms with Crippen LogP contribution in [0.15, 0.2) is 71.7 Å². The maximum Gasteiger partial charge on any atom is 0.416 e. The summed E-state index contributed by atoms with van der Waals surface area (Å²) < 4.78 is 45.0. The van der Waals surface area contributed by atoms with E-state index in [1.807, 2.05) is 6.92 Å². The Kier molecular flexibility index (Phi) is 5.75. The molecule has 0 aliphatic carbocycles. The topological polar surface area (TPSA) is 58.6 Å². The first-order valence-electron chi connectivity index (χ1n) is 9.63. The van der Waals surface area contributed by atoms with E-state index >= 15 is 0 Å². The standard InChI is InChI=1S/C23H17F3N2O3S/c1-2-31-17-9-4-7-15(13-17)27-20-19(18-10-5-11-32-18)21(29)28(22(20)30)16-8-3-6-14(12-16)23(24,25)26/h3-13,27H,2H2,1H3. The largest absolute Gasteiger partial charge is 0.494 e. The predicted octanol–water partition coefficient (Wildman–Crippen LogP) is 5.56. The Labute approximate surface area is 185 Å². The van der Waals surface area contributed by atoms with Gasteiger partial charge in [-0.1, -0.05) is 18.2 Å². The maximum atomic E-state index is 13.3. The number of alkyl halides is 3. The van der Waals surface area contributed by atoms with Crippen LogP contribution in [0, 0.1) is 0 Å². The van der Waals surface area contributed by atoms with E-state index in [9.17, 15) is 22.8 Å². The Balaban J connectivity index is 1.76. The van der Waals surface area contributed by atoms with Crippen molar-refractivity contribution in [3.63, 3.8) is 0 Å². The number of nitrogens with zero attached hydrogens (tertiary/aromatic N) is 1. The van der Waals surface area contributed by atoms with Gasteiger partial charge in [0.05, 0.1) is 23.4 Å². The molecule has 0 spiro atoms. The summed E-state index contributed by atoms with van der Waals surface area (Å²) >= 11 is 1.25. The summed E-state index contributed by atoms with van der Waals surface area (Å²) in [5, 5.41) is 4.73. The van der Waals surface area contributed by atoms with Crippen LogP contribution in [0.2, 0.25) is 0 Å². The summed E-state index contributed by atoms with van der Waals surface area (Å²) in [4.78, 5) is 27.8. The zero-order valence-corrected chi connectivity index (χ0v) is 17.6. The number of carbonyl (C=O) groups is 2. The van der Waals surface area contributed by atoms with E-state index < -0.39 is 23.6 Å². The molecule has 0 unspecified atom stereocenters. The van der Waals surface area contributed by atoms with Crippen molar-refractivity contribution in [3.8, 4) is 5.75 Å². The highest BCUT2D eigenvalue weighted by atomic mass is 32.1. The van der Waals surface area contributed by atoms with Gasteiger partial charge in [-0.2, -0.15) is 13.2 Å². The molecule has 1 N–H and O–H groups in total. The van der Waals surface area contributed by atoms with Crippen LogP contribution in [-0.4, -0.2) is 18.4 Å². The molecule has 3 aromatic rings. The fourth-order valence-corrected chi connectivity index (χ4v) is 4.09. The van der Waals surface area contributed by atoms with E-state index in [0.717, 1.165) is 17.0 Å². The summed E-state index contributed by atoms with van der Waals surface area (Å²) in [6.45, 7) is 2.29. The van der Waals surface area contributed by atoms with Crippen LogP contribution in [0.4, 0.5) is 24.5 Å². The van der Waals surface area contributed by atoms with Crippen LogP contribution < -0.4 is 15.0 Å². The maximum absolute atomic E-state index is 13.3. The van der Waals surface area contributed by atoms with Crippen molar-refractivity contribution in [2.45, 2.75) is 13.1 Å². The van der Waals surface area contributed by atoms with Crippen LogP contribution in [0.1, 0.15) is 17.4 Å². The van der Waals surface area contributed by atoms with Gasteiger partial charge in [-0.25, -0.2) is 4.90 Å². The number of hydrogen-bond acceptors (Lipinski definition) is 5. The third kappa shape index (κ3) is 4.11. The first-order chi connectivity index (χ1) is 15.3. The van der Waals surface area contributed by atoms with Gasteiger partial charge in [-0.3, -0.25) is 9.59 Å². The highest BCUT2D eigenvalue weighted by molar-refractivity contribution is 7.11. The lowest BCUT2D eigenvalue weighted by Gasteiger charge is -2.17. The molecule has 5 nitrogen and oxygen atoms in total. The van der Waals surface area contributed by atoms with Gasteiger partial charge in [0.15, 0.2) is 0 Å². The number of nitrogens with one attached hydrogen (secondary N) is 1. The third-order valence-corrected chi connectivity index (χ3v) is 5.58. The van der Waals surface area contributed by atoms with Gasteiger partial charge in [-0.15, -0.1) is 11.3 Å². The molecule has 0 radical (unpaired) electrons. The molecule has 0 saturated carbocycles. The molecule has 164 valence electrons. The molecule has 1 aromatic heterocycles. The van der Waals surface area contributed by atoms with Crippen LogP contribution in [-0.2, 0) is 15.8 Å². The number of halogens is 3. The smallest absolute Gasteiger partial charge is 0.416 e. The van der Waals surface area contributed by atoms with Gasteiger partial charge in [0, 0.05) is 16.6 Å². The summed E-state index contributed by atoms with van der Waals surface area (Å²) in [5.41, 5.74) is -0.498. The molecule has 9 heteroatoms. The second-order valence-corrected chi connectivity index (χ2v) is 7.75. The molecule has 32 heavy (non-hydrogen) atoms. The molecule has 1 aliphatic heterocycles. The second-order valence-electron chi connectivity index (χ2n) is 6.81. The van der Waals surface area contributed by atoms with Crippen molar-refractivity contribution >= 4 is 40.1 Å². The van der Waals surface area contributed by atoms with E-state index in [0.29, 0.717) is 22.9 Å². The first kappa shape index (κ1) is 21.6. The Morgan fingerprint density at radius 2 is 1.78 bits per heavy atom. The number of hydrogen-bond donors (Lipinski definition) is 1. The Hall–Kier alpha value is -3.59. The van der Waals surface area contributed by atoms with E-state index in [1.165, 1.54) is 23.5 Å². The number of thiophene rings is 1. The fourth-order valence-electron chi connectivity index (χ4n) is 3.33. The Morgan fingerprint density at radius 3 is 2.47 bits per heavy atom. The fraction of sp³-hybridized carbons (Fsp3) is 0.130. The van der Waals surface area contributed by atoms with Gasteiger partial charge in [0.25, 0.3) is 11.8 Å². The average Bonchev–Trinajstić information content (AvgIpc) is 3.35. The number of anilines is 2. The van der Waals surface area contributed by atoms with Crippen molar-refractivity contribution in [2.75, 3.05) is 16.8 Å². The minimum absolute atomic E-state index is 0.0106. The van der Waals surface area contributed by atoms with Crippen LogP contribution in [0.5, 0.6) is 5.75 Å². The van der Waals surface area contributed by atoms with E-state index in [-0.39, 0.29) is 17.0 Å². The number of rotatable bonds is 6. The van der Waals surface area contributed by atoms with Gasteiger partial charge in [0.2, 0.25) is 0 Å². The van der Waals surface area contributed by atoms with Gasteiger partial charge in [0.1, 0.15) is 11.4 Å². The summed E-state index contributed by atoms with van der Waals surface area (Å²) in [6, 6.07) is 14.4. The van der Waals surface area contributed by atoms with Crippen LogP contribution >= 0.6 is 11.3 Å². The van der Waals surface area contributed by atoms with Crippen molar-refractivity contribution < 1.29 is 27.5 Å². The van der Waals surface area contributed by atoms with Crippen molar-refractivity contribution in [2.24, 2.45) is 0 Å². The number of carbonyl (C=O) groups excluding carboxylic acids is 2. The minimum Gasteiger partial charge on any atom is -0.494 e. The number of benzene rings is 2. The number of amides is 2. The van der Waals surface area contributed by atoms with Crippen LogP contribution in [0.25, 0.3) is 5.57 Å². The highest BCUT2D eigenvalue weighted by Crippen LogP contribution is 2.38. The van der Waals surface area contributed by atoms with E-state index in [1.54, 1.807) is 41.8 Å². The molecule has 0 bridgehead atoms. The zero-order chi connectivity index (χ0) is 22.9. The van der Waals surface area contributed by atoms with Gasteiger partial charge < -0.3 is 10.1 Å². The lowest BCUT2D eigenvalue weighted by atomic mass is 10.1.